The summed E-state index contributed by atoms with van der Waals surface area (Å²) < 4.78 is 13.6. The molecule has 1 aromatic heterocycles. The van der Waals surface area contributed by atoms with E-state index in [1.807, 2.05) is 6.92 Å². The number of rotatable bonds is 2. The molecule has 2 aromatic rings. The molecular formula is C14H12FNO. The van der Waals surface area contributed by atoms with Gasteiger partial charge < -0.3 is 0 Å². The van der Waals surface area contributed by atoms with Gasteiger partial charge in [-0.15, -0.1) is 0 Å². The first-order valence-electron chi connectivity index (χ1n) is 5.31. The second-order valence-corrected chi connectivity index (χ2v) is 3.97. The number of nitrogens with zero attached hydrogens (tertiary/aromatic N) is 1. The summed E-state index contributed by atoms with van der Waals surface area (Å²) in [4.78, 5) is 15.2. The van der Waals surface area contributed by atoms with Crippen LogP contribution in [0.4, 0.5) is 4.39 Å². The molecule has 0 fully saturated rings. The number of halogens is 1. The third-order valence-electron chi connectivity index (χ3n) is 2.57. The van der Waals surface area contributed by atoms with Crippen molar-refractivity contribution in [2.24, 2.45) is 0 Å². The zero-order valence-corrected chi connectivity index (χ0v) is 9.70. The number of hydrogen-bond donors (Lipinski definition) is 0. The fourth-order valence-electron chi connectivity index (χ4n) is 1.60. The fraction of sp³-hybridized carbons (Fsp3) is 0.143. The smallest absolute Gasteiger partial charge is 0.161 e. The molecule has 0 aliphatic carbocycles. The molecule has 0 atom stereocenters. The van der Waals surface area contributed by atoms with Gasteiger partial charge in [0.05, 0.1) is 5.69 Å². The third-order valence-corrected chi connectivity index (χ3v) is 2.57. The summed E-state index contributed by atoms with van der Waals surface area (Å²) in [6.45, 7) is 3.37. The van der Waals surface area contributed by atoms with Gasteiger partial charge in [0, 0.05) is 17.3 Å². The van der Waals surface area contributed by atoms with E-state index in [0.29, 0.717) is 16.8 Å². The molecule has 0 saturated heterocycles. The largest absolute Gasteiger partial charge is 0.294 e. The normalized spacial score (nSPS) is 10.3. The molecule has 0 spiro atoms. The minimum Gasteiger partial charge on any atom is -0.294 e. The van der Waals surface area contributed by atoms with Gasteiger partial charge >= 0.3 is 0 Å². The molecule has 0 aliphatic rings. The van der Waals surface area contributed by atoms with Crippen molar-refractivity contribution in [2.45, 2.75) is 13.8 Å². The van der Waals surface area contributed by atoms with E-state index in [1.54, 1.807) is 24.3 Å². The summed E-state index contributed by atoms with van der Waals surface area (Å²) in [7, 11) is 0. The van der Waals surface area contributed by atoms with Gasteiger partial charge in [0.15, 0.2) is 5.78 Å². The first kappa shape index (κ1) is 11.5. The number of aromatic nitrogens is 1. The monoisotopic (exact) mass is 229 g/mol. The number of benzene rings is 1. The van der Waals surface area contributed by atoms with Crippen molar-refractivity contribution < 1.29 is 9.18 Å². The van der Waals surface area contributed by atoms with Crippen LogP contribution >= 0.6 is 0 Å². The van der Waals surface area contributed by atoms with E-state index in [0.717, 1.165) is 5.56 Å². The second kappa shape index (κ2) is 4.45. The van der Waals surface area contributed by atoms with E-state index < -0.39 is 0 Å². The Kier molecular flexibility index (Phi) is 3.00. The number of carbonyl (C=O) groups excluding carboxylic acids is 1. The van der Waals surface area contributed by atoms with Crippen LogP contribution in [0.3, 0.4) is 0 Å². The van der Waals surface area contributed by atoms with Gasteiger partial charge in [-0.3, -0.25) is 9.78 Å². The second-order valence-electron chi connectivity index (χ2n) is 3.97. The highest BCUT2D eigenvalue weighted by Gasteiger charge is 2.07. The van der Waals surface area contributed by atoms with E-state index in [4.69, 9.17) is 0 Å². The van der Waals surface area contributed by atoms with E-state index in [2.05, 4.69) is 4.98 Å². The Morgan fingerprint density at radius 1 is 1.24 bits per heavy atom. The summed E-state index contributed by atoms with van der Waals surface area (Å²) in [5.74, 6) is -0.354. The van der Waals surface area contributed by atoms with Gasteiger partial charge in [0.25, 0.3) is 0 Å². The van der Waals surface area contributed by atoms with Gasteiger partial charge in [0.1, 0.15) is 5.82 Å². The van der Waals surface area contributed by atoms with Gasteiger partial charge in [-0.2, -0.15) is 0 Å². The van der Waals surface area contributed by atoms with E-state index in [-0.39, 0.29) is 11.6 Å². The molecule has 0 saturated carbocycles. The lowest BCUT2D eigenvalue weighted by molar-refractivity contribution is 0.101. The van der Waals surface area contributed by atoms with Gasteiger partial charge in [-0.05, 0) is 38.1 Å². The standard InChI is InChI=1S/C14H12FNO/c1-9-3-5-13(15)12(7-9)14-6-4-11(8-16-14)10(2)17/h3-8H,1-2H3. The summed E-state index contributed by atoms with van der Waals surface area (Å²) in [6.07, 6.45) is 1.47. The lowest BCUT2D eigenvalue weighted by Crippen LogP contribution is -1.95. The highest BCUT2D eigenvalue weighted by molar-refractivity contribution is 5.93. The summed E-state index contributed by atoms with van der Waals surface area (Å²) in [5.41, 5.74) is 2.50. The molecule has 0 amide bonds. The van der Waals surface area contributed by atoms with Crippen LogP contribution in [0.25, 0.3) is 11.3 Å². The molecule has 1 aromatic carbocycles. The number of ketones is 1. The Hall–Kier alpha value is -2.03. The predicted molar refractivity (Wildman–Crippen MR) is 64.4 cm³/mol. The number of pyridine rings is 1. The molecular weight excluding hydrogens is 217 g/mol. The average molecular weight is 229 g/mol. The van der Waals surface area contributed by atoms with Crippen molar-refractivity contribution >= 4 is 5.78 Å². The van der Waals surface area contributed by atoms with Gasteiger partial charge in [0.2, 0.25) is 0 Å². The van der Waals surface area contributed by atoms with Crippen molar-refractivity contribution in [1.82, 2.24) is 4.98 Å². The maximum absolute atomic E-state index is 13.6. The first-order valence-corrected chi connectivity index (χ1v) is 5.31. The quantitative estimate of drug-likeness (QED) is 0.739. The molecule has 0 bridgehead atoms. The van der Waals surface area contributed by atoms with E-state index in [9.17, 15) is 9.18 Å². The molecule has 2 nitrogen and oxygen atoms in total. The van der Waals surface area contributed by atoms with Crippen LogP contribution in [-0.2, 0) is 0 Å². The zero-order valence-electron chi connectivity index (χ0n) is 9.70. The lowest BCUT2D eigenvalue weighted by atomic mass is 10.1. The Morgan fingerprint density at radius 2 is 2.00 bits per heavy atom. The third kappa shape index (κ3) is 2.38. The zero-order chi connectivity index (χ0) is 12.4. The lowest BCUT2D eigenvalue weighted by Gasteiger charge is -2.04. The summed E-state index contributed by atoms with van der Waals surface area (Å²) in [5, 5.41) is 0. The summed E-state index contributed by atoms with van der Waals surface area (Å²) in [6, 6.07) is 8.19. The Morgan fingerprint density at radius 3 is 2.59 bits per heavy atom. The number of aryl methyl sites for hydroxylation is 1. The topological polar surface area (TPSA) is 30.0 Å². The van der Waals surface area contributed by atoms with Crippen LogP contribution in [0.15, 0.2) is 36.5 Å². The summed E-state index contributed by atoms with van der Waals surface area (Å²) >= 11 is 0. The number of Topliss-reactive ketones (excluding diaryl/α,β-unsaturated/α-hetero) is 1. The molecule has 3 heteroatoms. The van der Waals surface area contributed by atoms with Crippen molar-refractivity contribution in [2.75, 3.05) is 0 Å². The molecule has 86 valence electrons. The Labute approximate surface area is 99.1 Å². The first-order chi connectivity index (χ1) is 8.08. The minimum atomic E-state index is -0.307. The van der Waals surface area contributed by atoms with E-state index in [1.165, 1.54) is 19.2 Å². The predicted octanol–water partition coefficient (Wildman–Crippen LogP) is 3.40. The number of hydrogen-bond acceptors (Lipinski definition) is 2. The molecule has 0 unspecified atom stereocenters. The van der Waals surface area contributed by atoms with Crippen molar-refractivity contribution in [3.8, 4) is 11.3 Å². The Bertz CT molecular complexity index is 561. The van der Waals surface area contributed by atoms with Crippen molar-refractivity contribution in [3.05, 3.63) is 53.5 Å². The molecule has 2 rings (SSSR count). The average Bonchev–Trinajstić information content (AvgIpc) is 2.32. The molecule has 1 heterocycles. The van der Waals surface area contributed by atoms with Crippen LogP contribution in [0, 0.1) is 12.7 Å². The molecule has 0 aliphatic heterocycles. The van der Waals surface area contributed by atoms with Crippen LogP contribution in [0.5, 0.6) is 0 Å². The molecule has 0 N–H and O–H groups in total. The highest BCUT2D eigenvalue weighted by Crippen LogP contribution is 2.22. The molecule has 17 heavy (non-hydrogen) atoms. The van der Waals surface area contributed by atoms with Crippen molar-refractivity contribution in [1.29, 1.82) is 0 Å². The maximum atomic E-state index is 13.6. The van der Waals surface area contributed by atoms with Crippen molar-refractivity contribution in [3.63, 3.8) is 0 Å². The maximum Gasteiger partial charge on any atom is 0.161 e. The van der Waals surface area contributed by atoms with Crippen LogP contribution in [0.1, 0.15) is 22.8 Å². The SMILES string of the molecule is CC(=O)c1ccc(-c2cc(C)ccc2F)nc1. The minimum absolute atomic E-state index is 0.0474. The van der Waals surface area contributed by atoms with Crippen LogP contribution < -0.4 is 0 Å². The van der Waals surface area contributed by atoms with Crippen LogP contribution in [-0.4, -0.2) is 10.8 Å². The van der Waals surface area contributed by atoms with Crippen LogP contribution in [0.2, 0.25) is 0 Å². The number of carbonyl (C=O) groups is 1. The van der Waals surface area contributed by atoms with E-state index >= 15 is 0 Å². The molecule has 0 radical (unpaired) electrons. The van der Waals surface area contributed by atoms with Gasteiger partial charge in [-0.1, -0.05) is 11.6 Å². The van der Waals surface area contributed by atoms with Gasteiger partial charge in [-0.25, -0.2) is 4.39 Å². The Balaban J connectivity index is 2.46. The fourth-order valence-corrected chi connectivity index (χ4v) is 1.60. The highest BCUT2D eigenvalue weighted by atomic mass is 19.1.